The number of benzene rings is 1. The lowest BCUT2D eigenvalue weighted by molar-refractivity contribution is 0.0785. The van der Waals surface area contributed by atoms with E-state index in [1.165, 1.54) is 0 Å². The molecule has 0 aliphatic heterocycles. The highest BCUT2D eigenvalue weighted by Crippen LogP contribution is 2.22. The molecule has 0 fully saturated rings. The Morgan fingerprint density at radius 1 is 1.24 bits per heavy atom. The highest BCUT2D eigenvalue weighted by atomic mass is 16.5. The van der Waals surface area contributed by atoms with Gasteiger partial charge in [0.2, 0.25) is 0 Å². The van der Waals surface area contributed by atoms with Crippen LogP contribution >= 0.6 is 0 Å². The van der Waals surface area contributed by atoms with E-state index in [9.17, 15) is 5.11 Å². The smallest absolute Gasteiger partial charge is 0.264 e. The number of ether oxygens (including phenoxy) is 1. The zero-order valence-electron chi connectivity index (χ0n) is 12.8. The standard InChI is InChI=1S/C16H22N2O3/c1-4-5-6-14-17-15(21-18-14)11-20-13-9-7-12(8-10-13)16(2,3)19/h7-10,19H,4-6,11H2,1-3H3. The lowest BCUT2D eigenvalue weighted by Crippen LogP contribution is -2.14. The molecule has 21 heavy (non-hydrogen) atoms. The van der Waals surface area contributed by atoms with Crippen molar-refractivity contribution in [2.24, 2.45) is 0 Å². The summed E-state index contributed by atoms with van der Waals surface area (Å²) in [5.74, 6) is 1.91. The number of nitrogens with zero attached hydrogens (tertiary/aromatic N) is 2. The Bertz CT molecular complexity index is 556. The van der Waals surface area contributed by atoms with Gasteiger partial charge in [-0.15, -0.1) is 0 Å². The summed E-state index contributed by atoms with van der Waals surface area (Å²) in [5, 5.41) is 13.8. The van der Waals surface area contributed by atoms with Crippen LogP contribution in [0.4, 0.5) is 0 Å². The first-order chi connectivity index (χ1) is 9.99. The molecule has 0 aliphatic rings. The largest absolute Gasteiger partial charge is 0.484 e. The third-order valence-corrected chi connectivity index (χ3v) is 3.19. The maximum atomic E-state index is 9.89. The van der Waals surface area contributed by atoms with Crippen LogP contribution in [0.3, 0.4) is 0 Å². The van der Waals surface area contributed by atoms with Gasteiger partial charge in [0.25, 0.3) is 5.89 Å². The molecule has 0 bridgehead atoms. The maximum absolute atomic E-state index is 9.89. The van der Waals surface area contributed by atoms with Crippen LogP contribution in [0.2, 0.25) is 0 Å². The van der Waals surface area contributed by atoms with Gasteiger partial charge in [-0.3, -0.25) is 0 Å². The molecular formula is C16H22N2O3. The maximum Gasteiger partial charge on any atom is 0.264 e. The SMILES string of the molecule is CCCCc1noc(COc2ccc(C(C)(C)O)cc2)n1. The number of rotatable bonds is 7. The number of hydrogen-bond donors (Lipinski definition) is 1. The first-order valence-electron chi connectivity index (χ1n) is 7.26. The molecule has 2 rings (SSSR count). The van der Waals surface area contributed by atoms with Crippen molar-refractivity contribution >= 4 is 0 Å². The fourth-order valence-electron chi connectivity index (χ4n) is 1.89. The van der Waals surface area contributed by atoms with Gasteiger partial charge in [0, 0.05) is 6.42 Å². The topological polar surface area (TPSA) is 68.4 Å². The van der Waals surface area contributed by atoms with Gasteiger partial charge in [-0.05, 0) is 38.0 Å². The van der Waals surface area contributed by atoms with E-state index in [1.807, 2.05) is 24.3 Å². The van der Waals surface area contributed by atoms with Gasteiger partial charge in [-0.2, -0.15) is 4.98 Å². The Morgan fingerprint density at radius 3 is 2.57 bits per heavy atom. The summed E-state index contributed by atoms with van der Waals surface area (Å²) in [5.41, 5.74) is -0.00590. The zero-order valence-corrected chi connectivity index (χ0v) is 12.8. The summed E-state index contributed by atoms with van der Waals surface area (Å²) in [6.07, 6.45) is 2.99. The second-order valence-electron chi connectivity index (χ2n) is 5.58. The second kappa shape index (κ2) is 6.72. The number of aromatic nitrogens is 2. The van der Waals surface area contributed by atoms with E-state index in [1.54, 1.807) is 13.8 Å². The molecule has 5 heteroatoms. The molecule has 114 valence electrons. The highest BCUT2D eigenvalue weighted by molar-refractivity contribution is 5.30. The van der Waals surface area contributed by atoms with Gasteiger partial charge >= 0.3 is 0 Å². The molecule has 0 spiro atoms. The zero-order chi connectivity index (χ0) is 15.3. The van der Waals surface area contributed by atoms with Gasteiger partial charge in [0.05, 0.1) is 5.60 Å². The van der Waals surface area contributed by atoms with Crippen LogP contribution in [0.5, 0.6) is 5.75 Å². The van der Waals surface area contributed by atoms with Gasteiger partial charge in [0.15, 0.2) is 12.4 Å². The first kappa shape index (κ1) is 15.5. The van der Waals surface area contributed by atoms with Crippen molar-refractivity contribution in [3.63, 3.8) is 0 Å². The van der Waals surface area contributed by atoms with Crippen molar-refractivity contribution in [1.82, 2.24) is 10.1 Å². The van der Waals surface area contributed by atoms with Crippen molar-refractivity contribution in [2.45, 2.75) is 52.2 Å². The molecule has 0 saturated heterocycles. The van der Waals surface area contributed by atoms with E-state index in [0.717, 1.165) is 30.7 Å². The molecule has 1 N–H and O–H groups in total. The highest BCUT2D eigenvalue weighted by Gasteiger charge is 2.15. The van der Waals surface area contributed by atoms with Crippen LogP contribution in [-0.4, -0.2) is 15.2 Å². The minimum absolute atomic E-state index is 0.251. The summed E-state index contributed by atoms with van der Waals surface area (Å²) in [4.78, 5) is 4.28. The Balaban J connectivity index is 1.89. The fraction of sp³-hybridized carbons (Fsp3) is 0.500. The fourth-order valence-corrected chi connectivity index (χ4v) is 1.89. The molecular weight excluding hydrogens is 268 g/mol. The number of aryl methyl sites for hydroxylation is 1. The normalized spacial score (nSPS) is 11.6. The summed E-state index contributed by atoms with van der Waals surface area (Å²) in [6, 6.07) is 7.33. The molecule has 0 unspecified atom stereocenters. The van der Waals surface area contributed by atoms with Crippen LogP contribution in [0, 0.1) is 0 Å². The molecule has 0 aliphatic carbocycles. The second-order valence-corrected chi connectivity index (χ2v) is 5.58. The van der Waals surface area contributed by atoms with Crippen LogP contribution in [-0.2, 0) is 18.6 Å². The lowest BCUT2D eigenvalue weighted by Gasteiger charge is -2.17. The summed E-state index contributed by atoms with van der Waals surface area (Å²) >= 11 is 0. The Morgan fingerprint density at radius 2 is 1.95 bits per heavy atom. The number of aliphatic hydroxyl groups is 1. The molecule has 0 radical (unpaired) electrons. The van der Waals surface area contributed by atoms with E-state index < -0.39 is 5.60 Å². The lowest BCUT2D eigenvalue weighted by atomic mass is 9.99. The van der Waals surface area contributed by atoms with Crippen molar-refractivity contribution < 1.29 is 14.4 Å². The van der Waals surface area contributed by atoms with Gasteiger partial charge < -0.3 is 14.4 Å². The van der Waals surface area contributed by atoms with Crippen molar-refractivity contribution in [2.75, 3.05) is 0 Å². The molecule has 0 amide bonds. The molecule has 1 aromatic carbocycles. The Kier molecular flexibility index (Phi) is 4.96. The van der Waals surface area contributed by atoms with E-state index in [-0.39, 0.29) is 6.61 Å². The average molecular weight is 290 g/mol. The molecule has 1 aromatic heterocycles. The summed E-state index contributed by atoms with van der Waals surface area (Å²) in [6.45, 7) is 5.88. The molecule has 1 heterocycles. The van der Waals surface area contributed by atoms with Gasteiger partial charge in [-0.1, -0.05) is 30.6 Å². The monoisotopic (exact) mass is 290 g/mol. The first-order valence-corrected chi connectivity index (χ1v) is 7.26. The van der Waals surface area contributed by atoms with E-state index in [2.05, 4.69) is 17.1 Å². The van der Waals surface area contributed by atoms with Crippen molar-refractivity contribution in [3.8, 4) is 5.75 Å². The van der Waals surface area contributed by atoms with Crippen LogP contribution < -0.4 is 4.74 Å². The molecule has 0 atom stereocenters. The Labute approximate surface area is 125 Å². The van der Waals surface area contributed by atoms with E-state index >= 15 is 0 Å². The molecule has 2 aromatic rings. The van der Waals surface area contributed by atoms with Gasteiger partial charge in [-0.25, -0.2) is 0 Å². The van der Waals surface area contributed by atoms with E-state index in [0.29, 0.717) is 11.6 Å². The Hall–Kier alpha value is -1.88. The average Bonchev–Trinajstić information content (AvgIpc) is 2.90. The third kappa shape index (κ3) is 4.56. The van der Waals surface area contributed by atoms with Crippen molar-refractivity contribution in [1.29, 1.82) is 0 Å². The van der Waals surface area contributed by atoms with Crippen LogP contribution in [0.1, 0.15) is 50.9 Å². The van der Waals surface area contributed by atoms with Crippen molar-refractivity contribution in [3.05, 3.63) is 41.5 Å². The minimum Gasteiger partial charge on any atom is -0.484 e. The predicted octanol–water partition coefficient (Wildman–Crippen LogP) is 3.22. The van der Waals surface area contributed by atoms with Crippen LogP contribution in [0.25, 0.3) is 0 Å². The quantitative estimate of drug-likeness (QED) is 0.848. The molecule has 5 nitrogen and oxygen atoms in total. The number of hydrogen-bond acceptors (Lipinski definition) is 5. The predicted molar refractivity (Wildman–Crippen MR) is 78.9 cm³/mol. The van der Waals surface area contributed by atoms with Gasteiger partial charge in [0.1, 0.15) is 5.75 Å². The van der Waals surface area contributed by atoms with E-state index in [4.69, 9.17) is 9.26 Å². The third-order valence-electron chi connectivity index (χ3n) is 3.19. The summed E-state index contributed by atoms with van der Waals surface area (Å²) < 4.78 is 10.7. The summed E-state index contributed by atoms with van der Waals surface area (Å²) in [7, 11) is 0. The van der Waals surface area contributed by atoms with Crippen LogP contribution in [0.15, 0.2) is 28.8 Å². The number of unbranched alkanes of at least 4 members (excludes halogenated alkanes) is 1. The molecule has 0 saturated carbocycles. The minimum atomic E-state index is -0.848.